The molecule has 0 bridgehead atoms. The van der Waals surface area contributed by atoms with Crippen LogP contribution in [0.1, 0.15) is 19.4 Å². The van der Waals surface area contributed by atoms with Gasteiger partial charge >= 0.3 is 6.03 Å². The van der Waals surface area contributed by atoms with E-state index in [0.29, 0.717) is 0 Å². The van der Waals surface area contributed by atoms with Crippen LogP contribution in [-0.4, -0.2) is 49.0 Å². The lowest BCUT2D eigenvalue weighted by Crippen LogP contribution is -2.47. The van der Waals surface area contributed by atoms with Gasteiger partial charge in [0.2, 0.25) is 0 Å². The van der Waals surface area contributed by atoms with E-state index in [-0.39, 0.29) is 12.1 Å². The van der Waals surface area contributed by atoms with Gasteiger partial charge in [0.1, 0.15) is 5.84 Å². The summed E-state index contributed by atoms with van der Waals surface area (Å²) < 4.78 is 0. The molecule has 1 aliphatic rings. The lowest BCUT2D eigenvalue weighted by Gasteiger charge is -2.30. The highest BCUT2D eigenvalue weighted by atomic mass is 16.2. The zero-order chi connectivity index (χ0) is 14.4. The largest absolute Gasteiger partial charge is 0.353 e. The first-order valence-corrected chi connectivity index (χ1v) is 7.07. The molecule has 2 amide bonds. The van der Waals surface area contributed by atoms with Crippen molar-refractivity contribution in [3.63, 3.8) is 0 Å². The minimum Gasteiger partial charge on any atom is -0.353 e. The number of carbonyl (C=O) groups is 1. The molecule has 2 N–H and O–H groups in total. The summed E-state index contributed by atoms with van der Waals surface area (Å²) in [5.41, 5.74) is 0.980. The van der Waals surface area contributed by atoms with Gasteiger partial charge in [0.15, 0.2) is 0 Å². The number of amides is 2. The number of hydrogen-bond acceptors (Lipinski definition) is 2. The third kappa shape index (κ3) is 4.06. The standard InChI is InChI=1S/C15H22N4O/c1-12(2)17-15(20)18-14(13-6-4-3-5-7-13)19-10-8-16-9-11-19/h3-7,12,16H,8-11H2,1-2H3,(H,17,20)/b18-14+. The van der Waals surface area contributed by atoms with Gasteiger partial charge in [-0.1, -0.05) is 30.3 Å². The molecule has 5 heteroatoms. The summed E-state index contributed by atoms with van der Waals surface area (Å²) in [5, 5.41) is 6.12. The van der Waals surface area contributed by atoms with Crippen molar-refractivity contribution in [3.05, 3.63) is 35.9 Å². The number of rotatable bonds is 2. The summed E-state index contributed by atoms with van der Waals surface area (Å²) in [4.78, 5) is 18.4. The fraction of sp³-hybridized carbons (Fsp3) is 0.467. The summed E-state index contributed by atoms with van der Waals surface area (Å²) in [5.74, 6) is 0.755. The molecule has 2 rings (SSSR count). The van der Waals surface area contributed by atoms with Gasteiger partial charge in [-0.3, -0.25) is 0 Å². The first kappa shape index (κ1) is 14.5. The van der Waals surface area contributed by atoms with Crippen molar-refractivity contribution in [3.8, 4) is 0 Å². The van der Waals surface area contributed by atoms with Gasteiger partial charge in [0, 0.05) is 37.8 Å². The van der Waals surface area contributed by atoms with Crippen LogP contribution in [0.25, 0.3) is 0 Å². The first-order valence-electron chi connectivity index (χ1n) is 7.07. The Balaban J connectivity index is 2.24. The molecule has 1 heterocycles. The molecule has 1 aromatic rings. The molecule has 0 atom stereocenters. The second-order valence-electron chi connectivity index (χ2n) is 5.14. The molecule has 0 unspecified atom stereocenters. The van der Waals surface area contributed by atoms with E-state index in [0.717, 1.165) is 37.6 Å². The first-order chi connectivity index (χ1) is 9.66. The van der Waals surface area contributed by atoms with Crippen molar-refractivity contribution >= 4 is 11.9 Å². The Morgan fingerprint density at radius 2 is 1.90 bits per heavy atom. The topological polar surface area (TPSA) is 56.7 Å². The van der Waals surface area contributed by atoms with Crippen LogP contribution < -0.4 is 10.6 Å². The summed E-state index contributed by atoms with van der Waals surface area (Å²) in [6.07, 6.45) is 0. The molecule has 0 saturated carbocycles. The van der Waals surface area contributed by atoms with Crippen LogP contribution in [0.4, 0.5) is 4.79 Å². The summed E-state index contributed by atoms with van der Waals surface area (Å²) >= 11 is 0. The van der Waals surface area contributed by atoms with Crippen molar-refractivity contribution in [1.82, 2.24) is 15.5 Å². The Labute approximate surface area is 120 Å². The molecule has 0 radical (unpaired) electrons. The van der Waals surface area contributed by atoms with Gasteiger partial charge in [-0.15, -0.1) is 0 Å². The average Bonchev–Trinajstić information content (AvgIpc) is 2.46. The van der Waals surface area contributed by atoms with Crippen molar-refractivity contribution in [2.75, 3.05) is 26.2 Å². The Morgan fingerprint density at radius 3 is 2.50 bits per heavy atom. The Morgan fingerprint density at radius 1 is 1.25 bits per heavy atom. The second kappa shape index (κ2) is 7.05. The quantitative estimate of drug-likeness (QED) is 0.634. The molecule has 0 spiro atoms. The normalized spacial score (nSPS) is 16.4. The Hall–Kier alpha value is -1.88. The van der Waals surface area contributed by atoms with E-state index in [1.54, 1.807) is 0 Å². The second-order valence-corrected chi connectivity index (χ2v) is 5.14. The maximum absolute atomic E-state index is 11.9. The smallest absolute Gasteiger partial charge is 0.343 e. The summed E-state index contributed by atoms with van der Waals surface area (Å²) in [6, 6.07) is 9.68. The van der Waals surface area contributed by atoms with Gasteiger partial charge in [-0.05, 0) is 13.8 Å². The fourth-order valence-electron chi connectivity index (χ4n) is 2.16. The highest BCUT2D eigenvalue weighted by Crippen LogP contribution is 2.08. The van der Waals surface area contributed by atoms with Crippen LogP contribution in [0.3, 0.4) is 0 Å². The number of urea groups is 1. The lowest BCUT2D eigenvalue weighted by atomic mass is 10.2. The summed E-state index contributed by atoms with van der Waals surface area (Å²) in [6.45, 7) is 7.42. The van der Waals surface area contributed by atoms with E-state index in [4.69, 9.17) is 0 Å². The molecule has 0 aromatic heterocycles. The maximum atomic E-state index is 11.9. The van der Waals surface area contributed by atoms with E-state index in [1.165, 1.54) is 0 Å². The average molecular weight is 274 g/mol. The van der Waals surface area contributed by atoms with E-state index in [9.17, 15) is 4.79 Å². The minimum atomic E-state index is -0.280. The van der Waals surface area contributed by atoms with Crippen molar-refractivity contribution in [2.45, 2.75) is 19.9 Å². The van der Waals surface area contributed by atoms with Gasteiger partial charge in [0.25, 0.3) is 0 Å². The van der Waals surface area contributed by atoms with Crippen molar-refractivity contribution < 1.29 is 4.79 Å². The number of nitrogens with zero attached hydrogens (tertiary/aromatic N) is 2. The molecule has 1 aromatic carbocycles. The van der Waals surface area contributed by atoms with Gasteiger partial charge in [-0.2, -0.15) is 4.99 Å². The van der Waals surface area contributed by atoms with Crippen LogP contribution in [0.15, 0.2) is 35.3 Å². The number of hydrogen-bond donors (Lipinski definition) is 2. The van der Waals surface area contributed by atoms with Crippen LogP contribution >= 0.6 is 0 Å². The number of carbonyl (C=O) groups excluding carboxylic acids is 1. The predicted octanol–water partition coefficient (Wildman–Crippen LogP) is 1.46. The fourth-order valence-corrected chi connectivity index (χ4v) is 2.16. The predicted molar refractivity (Wildman–Crippen MR) is 81.1 cm³/mol. The molecular formula is C15H22N4O. The monoisotopic (exact) mass is 274 g/mol. The maximum Gasteiger partial charge on any atom is 0.343 e. The summed E-state index contributed by atoms with van der Waals surface area (Å²) in [7, 11) is 0. The molecule has 1 aliphatic heterocycles. The van der Waals surface area contributed by atoms with E-state index in [2.05, 4.69) is 20.5 Å². The molecule has 20 heavy (non-hydrogen) atoms. The SMILES string of the molecule is CC(C)NC(=O)/N=C(\c1ccccc1)N1CCNCC1. The number of benzene rings is 1. The zero-order valence-electron chi connectivity index (χ0n) is 12.1. The van der Waals surface area contributed by atoms with Crippen LogP contribution in [0, 0.1) is 0 Å². The van der Waals surface area contributed by atoms with Gasteiger partial charge in [-0.25, -0.2) is 4.79 Å². The Bertz CT molecular complexity index is 464. The molecule has 108 valence electrons. The minimum absolute atomic E-state index is 0.0892. The van der Waals surface area contributed by atoms with Crippen LogP contribution in [0.5, 0.6) is 0 Å². The lowest BCUT2D eigenvalue weighted by molar-refractivity contribution is 0.246. The molecule has 5 nitrogen and oxygen atoms in total. The van der Waals surface area contributed by atoms with Crippen molar-refractivity contribution in [1.29, 1.82) is 0 Å². The highest BCUT2D eigenvalue weighted by Gasteiger charge is 2.17. The highest BCUT2D eigenvalue weighted by molar-refractivity contribution is 6.04. The number of aliphatic imine (C=N–C) groups is 1. The third-order valence-corrected chi connectivity index (χ3v) is 3.07. The number of nitrogens with one attached hydrogen (secondary N) is 2. The van der Waals surface area contributed by atoms with Crippen LogP contribution in [0.2, 0.25) is 0 Å². The Kier molecular flexibility index (Phi) is 5.12. The van der Waals surface area contributed by atoms with Gasteiger partial charge < -0.3 is 15.5 Å². The van der Waals surface area contributed by atoms with E-state index in [1.807, 2.05) is 44.2 Å². The van der Waals surface area contributed by atoms with E-state index < -0.39 is 0 Å². The molecule has 0 aliphatic carbocycles. The number of amidine groups is 1. The number of piperazine rings is 1. The zero-order valence-corrected chi connectivity index (χ0v) is 12.1. The van der Waals surface area contributed by atoms with Crippen LogP contribution in [-0.2, 0) is 0 Å². The van der Waals surface area contributed by atoms with Crippen molar-refractivity contribution in [2.24, 2.45) is 4.99 Å². The van der Waals surface area contributed by atoms with E-state index >= 15 is 0 Å². The molecule has 1 saturated heterocycles. The van der Waals surface area contributed by atoms with Gasteiger partial charge in [0.05, 0.1) is 0 Å². The third-order valence-electron chi connectivity index (χ3n) is 3.07. The molecular weight excluding hydrogens is 252 g/mol. The molecule has 1 fully saturated rings.